The Kier molecular flexibility index (Phi) is 5.07. The van der Waals surface area contributed by atoms with Crippen molar-refractivity contribution in [2.45, 2.75) is 6.92 Å². The van der Waals surface area contributed by atoms with Crippen LogP contribution in [0, 0.1) is 6.92 Å². The molecule has 0 aliphatic rings. The van der Waals surface area contributed by atoms with Crippen LogP contribution >= 0.6 is 22.9 Å². The van der Waals surface area contributed by atoms with Gasteiger partial charge in [-0.15, -0.1) is 11.3 Å². The molecule has 0 radical (unpaired) electrons. The van der Waals surface area contributed by atoms with E-state index in [4.69, 9.17) is 22.1 Å². The summed E-state index contributed by atoms with van der Waals surface area (Å²) in [7, 11) is 1.54. The maximum absolute atomic E-state index is 13.6. The molecule has 0 aliphatic heterocycles. The number of halogens is 1. The Bertz CT molecular complexity index is 1630. The SMILES string of the molecule is COc1cccc(-n2c(=O)[nH]c3cc(Cl)n(-c4ccc(-c5csc(N)n5)cc4)c3c2=O)c1C. The van der Waals surface area contributed by atoms with Crippen molar-refractivity contribution in [2.75, 3.05) is 12.8 Å². The first kappa shape index (κ1) is 21.0. The van der Waals surface area contributed by atoms with Crippen molar-refractivity contribution < 1.29 is 4.74 Å². The molecule has 5 aromatic rings. The quantitative estimate of drug-likeness (QED) is 0.402. The zero-order chi connectivity index (χ0) is 23.3. The summed E-state index contributed by atoms with van der Waals surface area (Å²) < 4.78 is 8.06. The van der Waals surface area contributed by atoms with Crippen LogP contribution in [-0.4, -0.2) is 26.2 Å². The molecule has 0 atom stereocenters. The fourth-order valence-electron chi connectivity index (χ4n) is 3.89. The summed E-state index contributed by atoms with van der Waals surface area (Å²) in [5, 5.41) is 2.66. The van der Waals surface area contributed by atoms with Crippen molar-refractivity contribution in [1.82, 2.24) is 19.1 Å². The highest BCUT2D eigenvalue weighted by Gasteiger charge is 2.19. The van der Waals surface area contributed by atoms with Crippen LogP contribution in [0.1, 0.15) is 5.56 Å². The van der Waals surface area contributed by atoms with Gasteiger partial charge in [-0.25, -0.2) is 14.3 Å². The first-order valence-corrected chi connectivity index (χ1v) is 11.2. The summed E-state index contributed by atoms with van der Waals surface area (Å²) in [6.45, 7) is 1.79. The largest absolute Gasteiger partial charge is 0.496 e. The topological polar surface area (TPSA) is 108 Å². The molecule has 0 amide bonds. The number of nitrogens with one attached hydrogen (secondary N) is 1. The number of nitrogens with two attached hydrogens (primary N) is 1. The first-order chi connectivity index (χ1) is 15.9. The Hall–Kier alpha value is -3.82. The molecule has 0 fully saturated rings. The highest BCUT2D eigenvalue weighted by Crippen LogP contribution is 2.28. The maximum atomic E-state index is 13.6. The van der Waals surface area contributed by atoms with Gasteiger partial charge in [0.2, 0.25) is 0 Å². The summed E-state index contributed by atoms with van der Waals surface area (Å²) in [5.41, 5.74) is 8.72. The van der Waals surface area contributed by atoms with E-state index in [9.17, 15) is 9.59 Å². The van der Waals surface area contributed by atoms with Crippen LogP contribution in [0.3, 0.4) is 0 Å². The number of H-pyrrole nitrogens is 1. The average molecular weight is 480 g/mol. The number of anilines is 1. The average Bonchev–Trinajstić information content (AvgIpc) is 3.37. The number of hydrogen-bond acceptors (Lipinski definition) is 6. The molecule has 8 nitrogen and oxygen atoms in total. The molecule has 5 rings (SSSR count). The summed E-state index contributed by atoms with van der Waals surface area (Å²) >= 11 is 7.88. The second kappa shape index (κ2) is 7.95. The van der Waals surface area contributed by atoms with E-state index in [2.05, 4.69) is 9.97 Å². The molecular formula is C23H18ClN5O3S. The minimum Gasteiger partial charge on any atom is -0.496 e. The van der Waals surface area contributed by atoms with Gasteiger partial charge < -0.3 is 15.5 Å². The summed E-state index contributed by atoms with van der Waals surface area (Å²) in [5.74, 6) is 0.575. The standard InChI is InChI=1S/C23H18ClN5O3S/c1-12-17(4-3-5-18(12)32-2)29-21(30)20-15(27-23(29)31)10-19(24)28(20)14-8-6-13(7-9-14)16-11-33-22(25)26-16/h3-11H,1-2H3,(H2,25,26)(H,27,31). The second-order valence-electron chi connectivity index (χ2n) is 7.36. The summed E-state index contributed by atoms with van der Waals surface area (Å²) in [6, 6.07) is 14.2. The zero-order valence-corrected chi connectivity index (χ0v) is 19.2. The van der Waals surface area contributed by atoms with Gasteiger partial charge in [0, 0.05) is 22.2 Å². The van der Waals surface area contributed by atoms with Crippen LogP contribution in [-0.2, 0) is 0 Å². The fraction of sp³-hybridized carbons (Fsp3) is 0.0870. The Morgan fingerprint density at radius 3 is 2.55 bits per heavy atom. The minimum absolute atomic E-state index is 0.257. The number of ether oxygens (including phenoxy) is 1. The predicted octanol–water partition coefficient (Wildman–Crippen LogP) is 4.15. The molecule has 0 bridgehead atoms. The zero-order valence-electron chi connectivity index (χ0n) is 17.6. The Morgan fingerprint density at radius 2 is 1.88 bits per heavy atom. The molecule has 166 valence electrons. The van der Waals surface area contributed by atoms with E-state index < -0.39 is 11.2 Å². The van der Waals surface area contributed by atoms with Crippen molar-refractivity contribution in [3.63, 3.8) is 0 Å². The molecular weight excluding hydrogens is 462 g/mol. The number of hydrogen-bond donors (Lipinski definition) is 2. The molecule has 0 unspecified atom stereocenters. The van der Waals surface area contributed by atoms with E-state index in [-0.39, 0.29) is 5.52 Å². The molecule has 0 spiro atoms. The van der Waals surface area contributed by atoms with Crippen LogP contribution in [0.4, 0.5) is 5.13 Å². The lowest BCUT2D eigenvalue weighted by atomic mass is 10.1. The van der Waals surface area contributed by atoms with Gasteiger partial charge in [-0.1, -0.05) is 29.8 Å². The maximum Gasteiger partial charge on any atom is 0.333 e. The van der Waals surface area contributed by atoms with Gasteiger partial charge >= 0.3 is 5.69 Å². The number of aromatic nitrogens is 4. The van der Waals surface area contributed by atoms with E-state index in [0.29, 0.717) is 38.5 Å². The number of rotatable bonds is 4. The molecule has 0 aliphatic carbocycles. The lowest BCUT2D eigenvalue weighted by molar-refractivity contribution is 0.411. The van der Waals surface area contributed by atoms with Crippen molar-refractivity contribution in [2.24, 2.45) is 0 Å². The number of nitrogens with zero attached hydrogens (tertiary/aromatic N) is 3. The molecule has 3 N–H and O–H groups in total. The van der Waals surface area contributed by atoms with Crippen molar-refractivity contribution >= 4 is 39.1 Å². The van der Waals surface area contributed by atoms with Gasteiger partial charge in [0.25, 0.3) is 5.56 Å². The van der Waals surface area contributed by atoms with Gasteiger partial charge in [-0.05, 0) is 37.3 Å². The van der Waals surface area contributed by atoms with E-state index in [1.165, 1.54) is 18.4 Å². The van der Waals surface area contributed by atoms with E-state index >= 15 is 0 Å². The minimum atomic E-state index is -0.561. The van der Waals surface area contributed by atoms with Gasteiger partial charge in [-0.2, -0.15) is 0 Å². The van der Waals surface area contributed by atoms with E-state index in [1.54, 1.807) is 35.8 Å². The normalized spacial score (nSPS) is 11.2. The Labute approximate surface area is 196 Å². The lowest BCUT2D eigenvalue weighted by Crippen LogP contribution is -2.34. The monoisotopic (exact) mass is 479 g/mol. The van der Waals surface area contributed by atoms with Crippen LogP contribution in [0.2, 0.25) is 5.15 Å². The fourth-order valence-corrected chi connectivity index (χ4v) is 4.76. The van der Waals surface area contributed by atoms with Crippen molar-refractivity contribution in [1.29, 1.82) is 0 Å². The molecule has 3 aromatic heterocycles. The third kappa shape index (κ3) is 3.42. The third-order valence-corrected chi connectivity index (χ3v) is 6.42. The number of methoxy groups -OCH3 is 1. The van der Waals surface area contributed by atoms with Crippen LogP contribution in [0.25, 0.3) is 33.7 Å². The second-order valence-corrected chi connectivity index (χ2v) is 8.63. The third-order valence-electron chi connectivity index (χ3n) is 5.47. The predicted molar refractivity (Wildman–Crippen MR) is 131 cm³/mol. The molecule has 33 heavy (non-hydrogen) atoms. The summed E-state index contributed by atoms with van der Waals surface area (Å²) in [4.78, 5) is 33.5. The number of nitrogen functional groups attached to an aromatic ring is 1. The number of fused-ring (bicyclic) bond motifs is 1. The first-order valence-electron chi connectivity index (χ1n) is 9.91. The molecule has 0 saturated carbocycles. The molecule has 3 heterocycles. The van der Waals surface area contributed by atoms with Gasteiger partial charge in [0.1, 0.15) is 16.4 Å². The molecule has 2 aromatic carbocycles. The molecule has 0 saturated heterocycles. The molecule has 10 heteroatoms. The Balaban J connectivity index is 1.72. The van der Waals surface area contributed by atoms with E-state index in [1.807, 2.05) is 29.6 Å². The van der Waals surface area contributed by atoms with Gasteiger partial charge in [0.05, 0.1) is 24.0 Å². The number of benzene rings is 2. The van der Waals surface area contributed by atoms with Crippen molar-refractivity contribution in [3.8, 4) is 28.4 Å². The van der Waals surface area contributed by atoms with Crippen molar-refractivity contribution in [3.05, 3.63) is 85.5 Å². The van der Waals surface area contributed by atoms with Crippen LogP contribution in [0.5, 0.6) is 5.75 Å². The van der Waals surface area contributed by atoms with Gasteiger partial charge in [-0.3, -0.25) is 9.36 Å². The van der Waals surface area contributed by atoms with Crippen LogP contribution < -0.4 is 21.7 Å². The number of aromatic amines is 1. The van der Waals surface area contributed by atoms with E-state index in [0.717, 1.165) is 15.8 Å². The van der Waals surface area contributed by atoms with Gasteiger partial charge in [0.15, 0.2) is 5.13 Å². The smallest absolute Gasteiger partial charge is 0.333 e. The Morgan fingerprint density at radius 1 is 1.12 bits per heavy atom. The van der Waals surface area contributed by atoms with Crippen LogP contribution in [0.15, 0.2) is 63.5 Å². The number of thiazole rings is 1. The lowest BCUT2D eigenvalue weighted by Gasteiger charge is -2.13. The highest BCUT2D eigenvalue weighted by molar-refractivity contribution is 7.13. The summed E-state index contributed by atoms with van der Waals surface area (Å²) in [6.07, 6.45) is 0. The highest BCUT2D eigenvalue weighted by atomic mass is 35.5.